The van der Waals surface area contributed by atoms with Crippen molar-refractivity contribution < 1.29 is 18.7 Å². The van der Waals surface area contributed by atoms with Crippen molar-refractivity contribution in [2.24, 2.45) is 5.10 Å². The maximum Gasteiger partial charge on any atom is 0.557 e. The molecule has 0 aromatic heterocycles. The Labute approximate surface area is 190 Å². The van der Waals surface area contributed by atoms with Gasteiger partial charge < -0.3 is 14.2 Å². The molecule has 162 valence electrons. The fourth-order valence-corrected chi connectivity index (χ4v) is 4.74. The van der Waals surface area contributed by atoms with Crippen molar-refractivity contribution in [2.75, 3.05) is 0 Å². The second kappa shape index (κ2) is 9.58. The summed E-state index contributed by atoms with van der Waals surface area (Å²) in [5.74, 6) is 0.963. The van der Waals surface area contributed by atoms with Crippen LogP contribution in [0.3, 0.4) is 0 Å². The van der Waals surface area contributed by atoms with Crippen LogP contribution in [0.15, 0.2) is 64.2 Å². The fraction of sp³-hybridized carbons (Fsp3) is 0.174. The highest BCUT2D eigenvalue weighted by molar-refractivity contribution is 9.10. The van der Waals surface area contributed by atoms with Gasteiger partial charge in [0.2, 0.25) is 0 Å². The number of para-hydroxylation sites is 2. The maximum absolute atomic E-state index is 13.8. The summed E-state index contributed by atoms with van der Waals surface area (Å²) in [5, 5.41) is 16.6. The van der Waals surface area contributed by atoms with E-state index in [0.29, 0.717) is 17.1 Å². The fourth-order valence-electron chi connectivity index (χ4n) is 2.98. The molecule has 3 aromatic carbocycles. The van der Waals surface area contributed by atoms with Gasteiger partial charge in [-0.2, -0.15) is 10.3 Å². The van der Waals surface area contributed by atoms with Gasteiger partial charge in [0.25, 0.3) is 0 Å². The molecule has 31 heavy (non-hydrogen) atoms. The van der Waals surface area contributed by atoms with E-state index in [1.807, 2.05) is 64.1 Å². The van der Waals surface area contributed by atoms with Crippen LogP contribution in [0.5, 0.6) is 17.2 Å². The molecule has 0 fully saturated rings. The first kappa shape index (κ1) is 22.9. The molecule has 0 aliphatic carbocycles. The minimum Gasteiger partial charge on any atom is -0.507 e. The van der Waals surface area contributed by atoms with E-state index in [0.717, 1.165) is 26.7 Å². The molecule has 0 spiro atoms. The van der Waals surface area contributed by atoms with Crippen LogP contribution < -0.4 is 14.2 Å². The molecule has 0 bridgehead atoms. The van der Waals surface area contributed by atoms with Gasteiger partial charge in [-0.3, -0.25) is 0 Å². The SMILES string of the molecule is Cc1cccc(C)c1OP(=O)(N/N=C/c1cc(Br)ccc1O)Oc1c(C)cccc1C. The molecule has 0 heterocycles. The monoisotopic (exact) mass is 502 g/mol. The summed E-state index contributed by atoms with van der Waals surface area (Å²) >= 11 is 3.35. The van der Waals surface area contributed by atoms with Crippen LogP contribution in [0.2, 0.25) is 0 Å². The third-order valence-corrected chi connectivity index (χ3v) is 6.31. The highest BCUT2D eigenvalue weighted by atomic mass is 79.9. The van der Waals surface area contributed by atoms with Crippen molar-refractivity contribution in [3.8, 4) is 17.2 Å². The number of phenols is 1. The zero-order valence-electron chi connectivity index (χ0n) is 17.7. The molecule has 0 saturated heterocycles. The summed E-state index contributed by atoms with van der Waals surface area (Å²) in [7, 11) is -3.98. The molecule has 3 rings (SSSR count). The van der Waals surface area contributed by atoms with Crippen LogP contribution in [0.4, 0.5) is 0 Å². The third kappa shape index (κ3) is 5.69. The van der Waals surface area contributed by atoms with Gasteiger partial charge in [-0.1, -0.05) is 52.3 Å². The number of hydrazone groups is 1. The standard InChI is InChI=1S/C23H24BrN2O4P/c1-15-7-5-8-16(2)22(15)29-31(28,30-23-17(3)9-6-10-18(23)4)26-25-14-19-13-20(24)11-12-21(19)27/h5-14,27H,1-4H3,(H,26,28)/b25-14+. The summed E-state index contributed by atoms with van der Waals surface area (Å²) in [5.41, 5.74) is 3.72. The predicted molar refractivity (Wildman–Crippen MR) is 127 cm³/mol. The number of nitrogens with zero attached hydrogens (tertiary/aromatic N) is 1. The molecule has 6 nitrogen and oxygen atoms in total. The molecule has 0 radical (unpaired) electrons. The first-order valence-corrected chi connectivity index (χ1v) is 11.9. The Morgan fingerprint density at radius 3 is 1.87 bits per heavy atom. The second-order valence-corrected chi connectivity index (χ2v) is 9.66. The lowest BCUT2D eigenvalue weighted by atomic mass is 10.1. The van der Waals surface area contributed by atoms with Crippen LogP contribution in [0, 0.1) is 27.7 Å². The van der Waals surface area contributed by atoms with Gasteiger partial charge in [0.05, 0.1) is 6.21 Å². The average Bonchev–Trinajstić information content (AvgIpc) is 2.71. The number of phenolic OH excluding ortho intramolecular Hbond substituents is 1. The summed E-state index contributed by atoms with van der Waals surface area (Å²) in [6.45, 7) is 7.48. The Morgan fingerprint density at radius 2 is 1.39 bits per heavy atom. The third-order valence-electron chi connectivity index (χ3n) is 4.61. The molecular weight excluding hydrogens is 479 g/mol. The minimum atomic E-state index is -3.98. The lowest BCUT2D eigenvalue weighted by Crippen LogP contribution is -2.16. The minimum absolute atomic E-state index is 0.0370. The number of aryl methyl sites for hydroxylation is 4. The molecule has 0 atom stereocenters. The van der Waals surface area contributed by atoms with Crippen LogP contribution in [-0.2, 0) is 4.57 Å². The van der Waals surface area contributed by atoms with Gasteiger partial charge in [-0.15, -0.1) is 0 Å². The number of hydrogen-bond donors (Lipinski definition) is 2. The number of rotatable bonds is 7. The molecule has 0 amide bonds. The number of aromatic hydroxyl groups is 1. The Balaban J connectivity index is 1.96. The van der Waals surface area contributed by atoms with Gasteiger partial charge in [0.15, 0.2) is 0 Å². The summed E-state index contributed by atoms with van der Waals surface area (Å²) in [6, 6.07) is 16.2. The molecule has 0 aliphatic rings. The van der Waals surface area contributed by atoms with E-state index in [2.05, 4.69) is 26.2 Å². The number of halogens is 1. The normalized spacial score (nSPS) is 11.5. The maximum atomic E-state index is 13.8. The van der Waals surface area contributed by atoms with Gasteiger partial charge >= 0.3 is 7.75 Å². The molecule has 8 heteroatoms. The Hall–Kier alpha value is -2.76. The van der Waals surface area contributed by atoms with Gasteiger partial charge in [-0.05, 0) is 68.1 Å². The molecule has 0 unspecified atom stereocenters. The smallest absolute Gasteiger partial charge is 0.507 e. The van der Waals surface area contributed by atoms with Crippen LogP contribution >= 0.6 is 23.7 Å². The van der Waals surface area contributed by atoms with Crippen LogP contribution in [0.25, 0.3) is 0 Å². The van der Waals surface area contributed by atoms with E-state index in [-0.39, 0.29) is 5.75 Å². The lowest BCUT2D eigenvalue weighted by molar-refractivity contribution is 0.368. The quantitative estimate of drug-likeness (QED) is 0.216. The molecule has 0 aliphatic heterocycles. The number of hydrogen-bond acceptors (Lipinski definition) is 5. The van der Waals surface area contributed by atoms with Crippen molar-refractivity contribution in [2.45, 2.75) is 27.7 Å². The predicted octanol–water partition coefficient (Wildman–Crippen LogP) is 6.58. The number of nitrogens with one attached hydrogen (secondary N) is 1. The number of benzene rings is 3. The van der Waals surface area contributed by atoms with E-state index in [1.54, 1.807) is 12.1 Å². The second-order valence-electron chi connectivity index (χ2n) is 7.18. The topological polar surface area (TPSA) is 80.2 Å². The Bertz CT molecular complexity index is 1080. The summed E-state index contributed by atoms with van der Waals surface area (Å²) in [6.07, 6.45) is 1.36. The lowest BCUT2D eigenvalue weighted by Gasteiger charge is -2.22. The molecule has 0 saturated carbocycles. The molecule has 2 N–H and O–H groups in total. The van der Waals surface area contributed by atoms with Crippen LogP contribution in [-0.4, -0.2) is 11.3 Å². The Morgan fingerprint density at radius 1 is 0.903 bits per heavy atom. The first-order valence-electron chi connectivity index (χ1n) is 9.59. The van der Waals surface area contributed by atoms with Crippen LogP contribution in [0.1, 0.15) is 27.8 Å². The van der Waals surface area contributed by atoms with E-state index in [1.165, 1.54) is 12.3 Å². The van der Waals surface area contributed by atoms with Crippen molar-refractivity contribution in [1.82, 2.24) is 5.20 Å². The zero-order valence-corrected chi connectivity index (χ0v) is 20.2. The summed E-state index contributed by atoms with van der Waals surface area (Å²) in [4.78, 5) is 0. The molecular formula is C23H24BrN2O4P. The van der Waals surface area contributed by atoms with Gasteiger partial charge in [-0.25, -0.2) is 4.57 Å². The van der Waals surface area contributed by atoms with Crippen molar-refractivity contribution >= 4 is 29.9 Å². The zero-order chi connectivity index (χ0) is 22.6. The summed E-state index contributed by atoms with van der Waals surface area (Å²) < 4.78 is 26.3. The van der Waals surface area contributed by atoms with Gasteiger partial charge in [0.1, 0.15) is 17.2 Å². The highest BCUT2D eigenvalue weighted by Crippen LogP contribution is 2.48. The van der Waals surface area contributed by atoms with Crippen molar-refractivity contribution in [3.63, 3.8) is 0 Å². The molecule has 3 aromatic rings. The van der Waals surface area contributed by atoms with E-state index in [4.69, 9.17) is 9.05 Å². The van der Waals surface area contributed by atoms with Crippen molar-refractivity contribution in [3.05, 3.63) is 86.9 Å². The van der Waals surface area contributed by atoms with Crippen molar-refractivity contribution in [1.29, 1.82) is 0 Å². The largest absolute Gasteiger partial charge is 0.557 e. The van der Waals surface area contributed by atoms with Gasteiger partial charge in [0, 0.05) is 10.0 Å². The van der Waals surface area contributed by atoms with E-state index >= 15 is 0 Å². The highest BCUT2D eigenvalue weighted by Gasteiger charge is 2.31. The average molecular weight is 503 g/mol. The first-order chi connectivity index (χ1) is 14.7. The van der Waals surface area contributed by atoms with E-state index < -0.39 is 7.75 Å². The van der Waals surface area contributed by atoms with E-state index in [9.17, 15) is 9.67 Å². The Kier molecular flexibility index (Phi) is 7.08.